The smallest absolute Gasteiger partial charge is 0.407 e. The maximum atomic E-state index is 11.9. The molecule has 4 amide bonds. The standard InChI is InChI=1S/C20H28N6O4/c1-20(2,3)30-19(29)22-11-13-6-5-9-26(12-13)17-21-8-7-14(23-17)10-15-16(27)24-18(28)25(15)4/h7-8,10,13H,5-6,9,11-12H2,1-4H3,(H,22,29)(H,24,27,28)/b15-10-. The van der Waals surface area contributed by atoms with Crippen molar-refractivity contribution in [1.82, 2.24) is 25.5 Å². The SMILES string of the molecule is CN1C(=O)NC(=O)/C1=C/c1ccnc(N2CCCC(CNC(=O)OC(C)(C)C)C2)n1. The van der Waals surface area contributed by atoms with Gasteiger partial charge in [-0.1, -0.05) is 0 Å². The van der Waals surface area contributed by atoms with E-state index in [1.165, 1.54) is 11.9 Å². The maximum absolute atomic E-state index is 11.9. The second kappa shape index (κ2) is 8.68. The molecule has 0 bridgehead atoms. The van der Waals surface area contributed by atoms with Gasteiger partial charge in [-0.15, -0.1) is 0 Å². The predicted octanol–water partition coefficient (Wildman–Crippen LogP) is 1.74. The van der Waals surface area contributed by atoms with Crippen LogP contribution in [0.2, 0.25) is 0 Å². The minimum Gasteiger partial charge on any atom is -0.444 e. The number of piperidine rings is 1. The minimum atomic E-state index is -0.527. The van der Waals surface area contributed by atoms with E-state index in [-0.39, 0.29) is 11.6 Å². The number of nitrogens with one attached hydrogen (secondary N) is 2. The normalized spacial score (nSPS) is 21.1. The van der Waals surface area contributed by atoms with Crippen LogP contribution in [0.1, 0.15) is 39.3 Å². The highest BCUT2D eigenvalue weighted by atomic mass is 16.6. The number of hydrogen-bond donors (Lipinski definition) is 2. The van der Waals surface area contributed by atoms with Crippen LogP contribution in [0.15, 0.2) is 18.0 Å². The Balaban J connectivity index is 1.64. The van der Waals surface area contributed by atoms with Crippen molar-refractivity contribution >= 4 is 30.1 Å². The molecule has 1 aromatic rings. The van der Waals surface area contributed by atoms with E-state index in [1.807, 2.05) is 20.8 Å². The van der Waals surface area contributed by atoms with Crippen LogP contribution in [0.5, 0.6) is 0 Å². The van der Waals surface area contributed by atoms with Crippen LogP contribution in [0.4, 0.5) is 15.5 Å². The number of alkyl carbamates (subject to hydrolysis) is 1. The largest absolute Gasteiger partial charge is 0.444 e. The van der Waals surface area contributed by atoms with E-state index in [2.05, 4.69) is 25.5 Å². The van der Waals surface area contributed by atoms with Gasteiger partial charge in [-0.3, -0.25) is 15.0 Å². The molecule has 0 spiro atoms. The van der Waals surface area contributed by atoms with Gasteiger partial charge in [0.25, 0.3) is 5.91 Å². The third-order valence-electron chi connectivity index (χ3n) is 4.80. The summed E-state index contributed by atoms with van der Waals surface area (Å²) in [5.41, 5.74) is 0.254. The van der Waals surface area contributed by atoms with Gasteiger partial charge in [-0.05, 0) is 51.7 Å². The lowest BCUT2D eigenvalue weighted by Crippen LogP contribution is -2.42. The Labute approximate surface area is 175 Å². The van der Waals surface area contributed by atoms with E-state index in [4.69, 9.17) is 4.74 Å². The van der Waals surface area contributed by atoms with Crippen LogP contribution in [-0.2, 0) is 9.53 Å². The molecule has 2 fully saturated rings. The molecule has 10 nitrogen and oxygen atoms in total. The van der Waals surface area contributed by atoms with E-state index in [9.17, 15) is 14.4 Å². The van der Waals surface area contributed by atoms with Crippen LogP contribution in [-0.4, -0.2) is 65.2 Å². The number of nitrogens with zero attached hydrogens (tertiary/aromatic N) is 4. The molecular weight excluding hydrogens is 388 g/mol. The number of imide groups is 1. The van der Waals surface area contributed by atoms with Crippen LogP contribution < -0.4 is 15.5 Å². The fourth-order valence-electron chi connectivity index (χ4n) is 3.36. The van der Waals surface area contributed by atoms with Gasteiger partial charge in [-0.25, -0.2) is 19.6 Å². The zero-order valence-corrected chi connectivity index (χ0v) is 17.8. The average molecular weight is 416 g/mol. The third kappa shape index (κ3) is 5.46. The number of carbonyl (C=O) groups is 3. The second-order valence-electron chi connectivity index (χ2n) is 8.47. The molecule has 2 aliphatic rings. The summed E-state index contributed by atoms with van der Waals surface area (Å²) in [4.78, 5) is 47.6. The molecule has 2 aliphatic heterocycles. The van der Waals surface area contributed by atoms with Crippen LogP contribution in [0, 0.1) is 5.92 Å². The van der Waals surface area contributed by atoms with E-state index in [1.54, 1.807) is 18.3 Å². The average Bonchev–Trinajstić information content (AvgIpc) is 2.92. The number of rotatable bonds is 4. The zero-order valence-electron chi connectivity index (χ0n) is 17.8. The first-order chi connectivity index (χ1) is 14.1. The molecular formula is C20H28N6O4. The van der Waals surface area contributed by atoms with Gasteiger partial charge in [0, 0.05) is 32.9 Å². The number of aromatic nitrogens is 2. The molecule has 0 aliphatic carbocycles. The molecule has 2 saturated heterocycles. The number of ether oxygens (including phenoxy) is 1. The van der Waals surface area contributed by atoms with Gasteiger partial charge >= 0.3 is 12.1 Å². The molecule has 162 valence electrons. The Morgan fingerprint density at radius 3 is 2.83 bits per heavy atom. The fourth-order valence-corrected chi connectivity index (χ4v) is 3.36. The molecule has 3 rings (SSSR count). The Morgan fingerprint density at radius 1 is 1.40 bits per heavy atom. The van der Waals surface area contributed by atoms with Crippen LogP contribution >= 0.6 is 0 Å². The monoisotopic (exact) mass is 416 g/mol. The number of hydrogen-bond acceptors (Lipinski definition) is 7. The van der Waals surface area contributed by atoms with E-state index >= 15 is 0 Å². The number of amides is 4. The van der Waals surface area contributed by atoms with Crippen LogP contribution in [0.3, 0.4) is 0 Å². The molecule has 0 radical (unpaired) electrons. The van der Waals surface area contributed by atoms with Crippen molar-refractivity contribution in [2.75, 3.05) is 31.6 Å². The number of likely N-dealkylation sites (N-methyl/N-ethyl adjacent to an activating group) is 1. The first-order valence-corrected chi connectivity index (χ1v) is 9.98. The summed E-state index contributed by atoms with van der Waals surface area (Å²) in [6, 6.07) is 1.23. The van der Waals surface area contributed by atoms with Gasteiger partial charge in [0.2, 0.25) is 5.95 Å². The van der Waals surface area contributed by atoms with Gasteiger partial charge < -0.3 is 15.0 Å². The highest BCUT2D eigenvalue weighted by Gasteiger charge is 2.30. The number of carbonyl (C=O) groups excluding carboxylic acids is 3. The highest BCUT2D eigenvalue weighted by Crippen LogP contribution is 2.21. The molecule has 1 aromatic heterocycles. The summed E-state index contributed by atoms with van der Waals surface area (Å²) in [7, 11) is 1.53. The van der Waals surface area contributed by atoms with Crippen molar-refractivity contribution in [3.63, 3.8) is 0 Å². The molecule has 0 aromatic carbocycles. The summed E-state index contributed by atoms with van der Waals surface area (Å²) in [5, 5.41) is 5.07. The predicted molar refractivity (Wildman–Crippen MR) is 110 cm³/mol. The molecule has 1 unspecified atom stereocenters. The van der Waals surface area contributed by atoms with Crippen molar-refractivity contribution in [2.24, 2.45) is 5.92 Å². The Morgan fingerprint density at radius 2 is 2.17 bits per heavy atom. The molecule has 3 heterocycles. The van der Waals surface area contributed by atoms with Crippen molar-refractivity contribution in [3.8, 4) is 0 Å². The summed E-state index contributed by atoms with van der Waals surface area (Å²) in [6.07, 6.45) is 4.72. The van der Waals surface area contributed by atoms with Gasteiger partial charge in [0.1, 0.15) is 11.3 Å². The topological polar surface area (TPSA) is 117 Å². The maximum Gasteiger partial charge on any atom is 0.407 e. The Hall–Kier alpha value is -3.17. The van der Waals surface area contributed by atoms with Gasteiger partial charge in [-0.2, -0.15) is 0 Å². The lowest BCUT2D eigenvalue weighted by Gasteiger charge is -2.33. The molecule has 2 N–H and O–H groups in total. The molecule has 30 heavy (non-hydrogen) atoms. The molecule has 10 heteroatoms. The summed E-state index contributed by atoms with van der Waals surface area (Å²) in [6.45, 7) is 7.52. The van der Waals surface area contributed by atoms with Crippen molar-refractivity contribution < 1.29 is 19.1 Å². The van der Waals surface area contributed by atoms with Crippen molar-refractivity contribution in [3.05, 3.63) is 23.7 Å². The molecule has 1 atom stereocenters. The van der Waals surface area contributed by atoms with E-state index < -0.39 is 23.6 Å². The zero-order chi connectivity index (χ0) is 21.9. The summed E-state index contributed by atoms with van der Waals surface area (Å²) < 4.78 is 5.29. The lowest BCUT2D eigenvalue weighted by molar-refractivity contribution is -0.115. The van der Waals surface area contributed by atoms with Gasteiger partial charge in [0.15, 0.2) is 0 Å². The summed E-state index contributed by atoms with van der Waals surface area (Å²) >= 11 is 0. The number of anilines is 1. The van der Waals surface area contributed by atoms with E-state index in [0.717, 1.165) is 19.4 Å². The quantitative estimate of drug-likeness (QED) is 0.567. The molecule has 0 saturated carbocycles. The number of urea groups is 1. The Bertz CT molecular complexity index is 863. The Kier molecular flexibility index (Phi) is 6.23. The van der Waals surface area contributed by atoms with Crippen molar-refractivity contribution in [2.45, 2.75) is 39.2 Å². The highest BCUT2D eigenvalue weighted by molar-refractivity contribution is 6.13. The fraction of sp³-hybridized carbons (Fsp3) is 0.550. The van der Waals surface area contributed by atoms with Crippen LogP contribution in [0.25, 0.3) is 6.08 Å². The summed E-state index contributed by atoms with van der Waals surface area (Å²) in [5.74, 6) is 0.355. The van der Waals surface area contributed by atoms with Gasteiger partial charge in [0.05, 0.1) is 5.69 Å². The second-order valence-corrected chi connectivity index (χ2v) is 8.47. The first-order valence-electron chi connectivity index (χ1n) is 9.98. The lowest BCUT2D eigenvalue weighted by atomic mass is 9.98. The third-order valence-corrected chi connectivity index (χ3v) is 4.80. The van der Waals surface area contributed by atoms with Crippen molar-refractivity contribution in [1.29, 1.82) is 0 Å². The first kappa shape index (κ1) is 21.5. The van der Waals surface area contributed by atoms with E-state index in [0.29, 0.717) is 24.7 Å². The minimum absolute atomic E-state index is 0.239.